The molecule has 0 saturated heterocycles. The fourth-order valence-corrected chi connectivity index (χ4v) is 9.36. The highest BCUT2D eigenvalue weighted by molar-refractivity contribution is 5.86. The van der Waals surface area contributed by atoms with Gasteiger partial charge >= 0.3 is 0 Å². The third kappa shape index (κ3) is 7.54. The van der Waals surface area contributed by atoms with E-state index in [0.29, 0.717) is 51.6 Å². The first kappa shape index (κ1) is 42.3. The Balaban J connectivity index is 0.999. The summed E-state index contributed by atoms with van der Waals surface area (Å²) in [5.74, 6) is 2.20. The summed E-state index contributed by atoms with van der Waals surface area (Å²) in [7, 11) is 0. The number of rotatable bonds is 9. The fourth-order valence-electron chi connectivity index (χ4n) is 9.36. The Kier molecular flexibility index (Phi) is 10.2. The Bertz CT molecular complexity index is 3750. The highest BCUT2D eigenvalue weighted by Gasteiger charge is 2.21. The highest BCUT2D eigenvalue weighted by Crippen LogP contribution is 2.36. The summed E-state index contributed by atoms with van der Waals surface area (Å²) in [6.07, 6.45) is 0. The minimum Gasteiger partial charge on any atom is -0.292 e. The molecule has 0 atom stereocenters. The van der Waals surface area contributed by atoms with Crippen LogP contribution in [0.4, 0.5) is 13.2 Å². The number of fused-ring (bicyclic) bond motifs is 3. The van der Waals surface area contributed by atoms with Crippen LogP contribution in [0.25, 0.3) is 118 Å². The SMILES string of the molecule is Fc1ccc(-c2nc3ccccc3n2-c2cccc(-c3nc(-c4cccc(-n5c(-c6ccc(F)cc6)nc6ccccc65)c4)nc(-c4cccc(-n5c(-c6ccc(F)cc6)nc6ccccc65)c4)n3)c2)cc1. The molecule has 9 aromatic carbocycles. The molecule has 0 spiro atoms. The molecular formula is C60H36F3N9. The maximum absolute atomic E-state index is 14.2. The van der Waals surface area contributed by atoms with Gasteiger partial charge in [0, 0.05) is 50.4 Å². The Hall–Kier alpha value is -9.81. The van der Waals surface area contributed by atoms with Crippen molar-refractivity contribution < 1.29 is 13.2 Å². The van der Waals surface area contributed by atoms with Crippen molar-refractivity contribution >= 4 is 33.1 Å². The van der Waals surface area contributed by atoms with Crippen molar-refractivity contribution in [2.24, 2.45) is 0 Å². The van der Waals surface area contributed by atoms with E-state index in [0.717, 1.165) is 66.9 Å². The second-order valence-corrected chi connectivity index (χ2v) is 17.3. The van der Waals surface area contributed by atoms with Gasteiger partial charge in [-0.2, -0.15) is 0 Å². The molecule has 0 N–H and O–H groups in total. The summed E-state index contributed by atoms with van der Waals surface area (Å²) in [4.78, 5) is 30.7. The zero-order chi connectivity index (χ0) is 48.3. The number of nitrogens with zero attached hydrogens (tertiary/aromatic N) is 9. The lowest BCUT2D eigenvalue weighted by Crippen LogP contribution is -2.03. The summed E-state index contributed by atoms with van der Waals surface area (Å²) >= 11 is 0. The number of benzene rings is 9. The Morgan fingerprint density at radius 1 is 0.250 bits per heavy atom. The molecule has 0 unspecified atom stereocenters. The standard InChI is InChI=1S/C60H36F3N9/c61-43-28-22-37(23-29-43)58-64-49-16-1-4-19-52(49)70(58)46-13-7-10-40(34-46)55-67-56(41-11-8-14-47(35-41)71-53-20-5-2-17-50(53)65-59(71)38-24-30-44(62)31-25-38)69-57(68-55)42-12-9-15-48(36-42)72-54-21-6-3-18-51(54)66-60(72)39-26-32-45(63)33-27-39/h1-36H. The van der Waals surface area contributed by atoms with Gasteiger partial charge in [0.2, 0.25) is 0 Å². The van der Waals surface area contributed by atoms with Gasteiger partial charge in [-0.15, -0.1) is 0 Å². The van der Waals surface area contributed by atoms with E-state index in [4.69, 9.17) is 29.9 Å². The number of halogens is 3. The van der Waals surface area contributed by atoms with Crippen LogP contribution >= 0.6 is 0 Å². The van der Waals surface area contributed by atoms with Crippen LogP contribution in [0.15, 0.2) is 218 Å². The fraction of sp³-hybridized carbons (Fsp3) is 0. The third-order valence-corrected chi connectivity index (χ3v) is 12.7. The highest BCUT2D eigenvalue weighted by atomic mass is 19.1. The van der Waals surface area contributed by atoms with Gasteiger partial charge in [0.05, 0.1) is 33.1 Å². The topological polar surface area (TPSA) is 92.1 Å². The van der Waals surface area contributed by atoms with Crippen LogP contribution < -0.4 is 0 Å². The van der Waals surface area contributed by atoms with Crippen LogP contribution in [0.1, 0.15) is 0 Å². The van der Waals surface area contributed by atoms with Crippen molar-refractivity contribution in [1.82, 2.24) is 43.6 Å². The van der Waals surface area contributed by atoms with E-state index >= 15 is 0 Å². The molecule has 13 aromatic rings. The molecular weight excluding hydrogens is 904 g/mol. The summed E-state index contributed by atoms with van der Waals surface area (Å²) in [6, 6.07) is 66.5. The first-order valence-corrected chi connectivity index (χ1v) is 23.2. The van der Waals surface area contributed by atoms with Gasteiger partial charge in [-0.05, 0) is 146 Å². The van der Waals surface area contributed by atoms with E-state index in [-0.39, 0.29) is 17.5 Å². The number of imidazole rings is 3. The summed E-state index contributed by atoms with van der Waals surface area (Å²) < 4.78 is 48.8. The van der Waals surface area contributed by atoms with Crippen LogP contribution in [0, 0.1) is 17.5 Å². The maximum Gasteiger partial charge on any atom is 0.164 e. The van der Waals surface area contributed by atoms with Crippen LogP contribution in [-0.2, 0) is 0 Å². The van der Waals surface area contributed by atoms with Gasteiger partial charge in [-0.3, -0.25) is 13.7 Å². The quantitative estimate of drug-likeness (QED) is 0.143. The molecule has 9 nitrogen and oxygen atoms in total. The first-order chi connectivity index (χ1) is 35.4. The zero-order valence-corrected chi connectivity index (χ0v) is 37.9. The molecule has 0 fully saturated rings. The second-order valence-electron chi connectivity index (χ2n) is 17.3. The van der Waals surface area contributed by atoms with Crippen LogP contribution in [-0.4, -0.2) is 43.6 Å². The van der Waals surface area contributed by atoms with E-state index in [9.17, 15) is 13.2 Å². The minimum absolute atomic E-state index is 0.334. The molecule has 0 amide bonds. The average Bonchev–Trinajstić information content (AvgIpc) is 4.14. The van der Waals surface area contributed by atoms with E-state index in [2.05, 4.69) is 13.7 Å². The molecule has 13 rings (SSSR count). The lowest BCUT2D eigenvalue weighted by Gasteiger charge is -2.14. The van der Waals surface area contributed by atoms with Crippen molar-refractivity contribution in [3.8, 4) is 85.4 Å². The van der Waals surface area contributed by atoms with Crippen LogP contribution in [0.2, 0.25) is 0 Å². The molecule has 0 radical (unpaired) electrons. The number of hydrogen-bond acceptors (Lipinski definition) is 6. The minimum atomic E-state index is -0.334. The molecule has 4 aromatic heterocycles. The van der Waals surface area contributed by atoms with Crippen LogP contribution in [0.3, 0.4) is 0 Å². The van der Waals surface area contributed by atoms with Crippen LogP contribution in [0.5, 0.6) is 0 Å². The van der Waals surface area contributed by atoms with Crippen molar-refractivity contribution in [3.63, 3.8) is 0 Å². The monoisotopic (exact) mass is 939 g/mol. The van der Waals surface area contributed by atoms with Crippen molar-refractivity contribution in [1.29, 1.82) is 0 Å². The Labute approximate surface area is 409 Å². The molecule has 0 bridgehead atoms. The Morgan fingerprint density at radius 3 is 0.819 bits per heavy atom. The van der Waals surface area contributed by atoms with E-state index in [1.54, 1.807) is 36.4 Å². The molecule has 12 heteroatoms. The number of hydrogen-bond donors (Lipinski definition) is 0. The van der Waals surface area contributed by atoms with Crippen molar-refractivity contribution in [2.45, 2.75) is 0 Å². The third-order valence-electron chi connectivity index (χ3n) is 12.7. The van der Waals surface area contributed by atoms with E-state index in [1.165, 1.54) is 36.4 Å². The average molecular weight is 940 g/mol. The van der Waals surface area contributed by atoms with Gasteiger partial charge < -0.3 is 0 Å². The molecule has 0 aliphatic rings. The van der Waals surface area contributed by atoms with Crippen molar-refractivity contribution in [2.75, 3.05) is 0 Å². The first-order valence-electron chi connectivity index (χ1n) is 23.2. The Morgan fingerprint density at radius 2 is 0.528 bits per heavy atom. The smallest absolute Gasteiger partial charge is 0.164 e. The summed E-state index contributed by atoms with van der Waals surface area (Å²) in [5.41, 5.74) is 11.8. The van der Waals surface area contributed by atoms with Crippen molar-refractivity contribution in [3.05, 3.63) is 236 Å². The molecule has 342 valence electrons. The molecule has 72 heavy (non-hydrogen) atoms. The maximum atomic E-state index is 14.2. The molecule has 4 heterocycles. The lowest BCUT2D eigenvalue weighted by atomic mass is 10.1. The predicted octanol–water partition coefficient (Wildman–Crippen LogP) is 14.3. The normalized spacial score (nSPS) is 11.5. The summed E-state index contributed by atoms with van der Waals surface area (Å²) in [6.45, 7) is 0. The van der Waals surface area contributed by atoms with Gasteiger partial charge in [-0.25, -0.2) is 43.1 Å². The van der Waals surface area contributed by atoms with Gasteiger partial charge in [0.1, 0.15) is 34.9 Å². The lowest BCUT2D eigenvalue weighted by molar-refractivity contribution is 0.627. The number of aromatic nitrogens is 9. The van der Waals surface area contributed by atoms with E-state index in [1.807, 2.05) is 146 Å². The van der Waals surface area contributed by atoms with Gasteiger partial charge in [0.15, 0.2) is 17.5 Å². The number of para-hydroxylation sites is 6. The zero-order valence-electron chi connectivity index (χ0n) is 37.9. The largest absolute Gasteiger partial charge is 0.292 e. The molecule has 0 aliphatic carbocycles. The predicted molar refractivity (Wildman–Crippen MR) is 276 cm³/mol. The molecule has 0 saturated carbocycles. The second kappa shape index (κ2) is 17.3. The van der Waals surface area contributed by atoms with Gasteiger partial charge in [-0.1, -0.05) is 72.8 Å². The van der Waals surface area contributed by atoms with Gasteiger partial charge in [0.25, 0.3) is 0 Å². The molecule has 0 aliphatic heterocycles. The summed E-state index contributed by atoms with van der Waals surface area (Å²) in [5, 5.41) is 0. The van der Waals surface area contributed by atoms with E-state index < -0.39 is 0 Å².